The fourth-order valence-corrected chi connectivity index (χ4v) is 3.38. The van der Waals surface area contributed by atoms with E-state index in [-0.39, 0.29) is 5.91 Å². The van der Waals surface area contributed by atoms with Crippen molar-refractivity contribution in [3.8, 4) is 11.3 Å². The van der Waals surface area contributed by atoms with Crippen molar-refractivity contribution in [1.29, 1.82) is 0 Å². The van der Waals surface area contributed by atoms with E-state index in [1.807, 2.05) is 37.3 Å². The summed E-state index contributed by atoms with van der Waals surface area (Å²) in [6.07, 6.45) is 2.10. The Balaban J connectivity index is 1.65. The Morgan fingerprint density at radius 2 is 1.97 bits per heavy atom. The summed E-state index contributed by atoms with van der Waals surface area (Å²) in [7, 11) is 1.79. The second kappa shape index (κ2) is 7.07. The molecule has 5 rings (SSSR count). The average Bonchev–Trinajstić information content (AvgIpc) is 3.17. The smallest absolute Gasteiger partial charge is 0.256 e. The number of aromatic nitrogens is 6. The fraction of sp³-hybridized carbons (Fsp3) is 0.200. The second-order valence-corrected chi connectivity index (χ2v) is 6.99. The highest BCUT2D eigenvalue weighted by atomic mass is 16.1. The van der Waals surface area contributed by atoms with Gasteiger partial charge in [0, 0.05) is 37.3 Å². The molecular weight excluding hydrogens is 382 g/mol. The molecule has 5 heterocycles. The molecule has 4 bridgehead atoms. The van der Waals surface area contributed by atoms with Gasteiger partial charge in [0.05, 0.1) is 17.6 Å². The first-order valence-electron chi connectivity index (χ1n) is 9.54. The lowest BCUT2D eigenvalue weighted by Crippen LogP contribution is -2.26. The van der Waals surface area contributed by atoms with Gasteiger partial charge in [0.2, 0.25) is 0 Å². The Morgan fingerprint density at radius 1 is 1.10 bits per heavy atom. The van der Waals surface area contributed by atoms with E-state index < -0.39 is 0 Å². The molecule has 3 N–H and O–H groups in total. The standard InChI is InChI=1S/C20H19N9O/c1-11-3-4-15(28-27-11)12-7-13-5-6-22-20(30)14-10-23-29-18(21-2)9-17(26-19(14)29)25-16(8-12)24-13/h3-4,7-10,21H,5-6H2,1-2H3,(H,22,30)(H,24,25,26). The highest BCUT2D eigenvalue weighted by molar-refractivity contribution is 6.00. The largest absolute Gasteiger partial charge is 0.373 e. The zero-order chi connectivity index (χ0) is 20.7. The molecule has 0 aromatic carbocycles. The van der Waals surface area contributed by atoms with Crippen molar-refractivity contribution in [2.75, 3.05) is 24.2 Å². The molecule has 0 aliphatic carbocycles. The maximum absolute atomic E-state index is 12.7. The molecule has 0 saturated heterocycles. The van der Waals surface area contributed by atoms with Crippen LogP contribution in [0.15, 0.2) is 36.5 Å². The number of hydrogen-bond acceptors (Lipinski definition) is 8. The molecule has 10 heteroatoms. The number of carbonyl (C=O) groups excluding carboxylic acids is 1. The van der Waals surface area contributed by atoms with Crippen molar-refractivity contribution in [3.05, 3.63) is 53.5 Å². The predicted molar refractivity (Wildman–Crippen MR) is 112 cm³/mol. The Bertz CT molecular complexity index is 1260. The first-order valence-corrected chi connectivity index (χ1v) is 9.54. The molecule has 0 fully saturated rings. The predicted octanol–water partition coefficient (Wildman–Crippen LogP) is 1.96. The maximum atomic E-state index is 12.7. The molecule has 1 amide bonds. The van der Waals surface area contributed by atoms with E-state index in [1.54, 1.807) is 11.6 Å². The van der Waals surface area contributed by atoms with Crippen LogP contribution in [0.3, 0.4) is 0 Å². The Hall–Kier alpha value is -4.08. The lowest BCUT2D eigenvalue weighted by atomic mass is 10.1. The third-order valence-electron chi connectivity index (χ3n) is 4.87. The number of carbonyl (C=O) groups is 1. The summed E-state index contributed by atoms with van der Waals surface area (Å²) in [4.78, 5) is 22.0. The minimum atomic E-state index is -0.224. The molecule has 1 aliphatic heterocycles. The molecule has 1 aliphatic rings. The van der Waals surface area contributed by atoms with E-state index in [4.69, 9.17) is 0 Å². The Morgan fingerprint density at radius 3 is 2.77 bits per heavy atom. The molecule has 150 valence electrons. The summed E-state index contributed by atoms with van der Waals surface area (Å²) in [5.41, 5.74) is 4.19. The van der Waals surface area contributed by atoms with E-state index >= 15 is 0 Å². The van der Waals surface area contributed by atoms with Gasteiger partial charge in [0.25, 0.3) is 5.91 Å². The summed E-state index contributed by atoms with van der Waals surface area (Å²) in [5, 5.41) is 22.0. The zero-order valence-electron chi connectivity index (χ0n) is 16.5. The fourth-order valence-electron chi connectivity index (χ4n) is 3.38. The monoisotopic (exact) mass is 401 g/mol. The van der Waals surface area contributed by atoms with E-state index in [1.165, 1.54) is 6.20 Å². The molecule has 0 unspecified atom stereocenters. The number of nitrogens with one attached hydrogen (secondary N) is 3. The number of pyridine rings is 1. The number of amides is 1. The van der Waals surface area contributed by atoms with Crippen molar-refractivity contribution in [3.63, 3.8) is 0 Å². The normalized spacial score (nSPS) is 13.3. The number of nitrogens with zero attached hydrogens (tertiary/aromatic N) is 6. The van der Waals surface area contributed by atoms with Crippen molar-refractivity contribution >= 4 is 29.0 Å². The van der Waals surface area contributed by atoms with Gasteiger partial charge in [0.1, 0.15) is 23.0 Å². The summed E-state index contributed by atoms with van der Waals surface area (Å²) < 4.78 is 1.60. The van der Waals surface area contributed by atoms with Crippen LogP contribution in [-0.4, -0.2) is 49.3 Å². The van der Waals surface area contributed by atoms with Gasteiger partial charge in [-0.3, -0.25) is 4.79 Å². The summed E-state index contributed by atoms with van der Waals surface area (Å²) in [6, 6.07) is 9.54. The average molecular weight is 401 g/mol. The Labute approximate surface area is 171 Å². The lowest BCUT2D eigenvalue weighted by molar-refractivity contribution is 0.0955. The van der Waals surface area contributed by atoms with Gasteiger partial charge in [-0.1, -0.05) is 0 Å². The third kappa shape index (κ3) is 3.17. The summed E-state index contributed by atoms with van der Waals surface area (Å²) in [5.74, 6) is 1.65. The van der Waals surface area contributed by atoms with Gasteiger partial charge >= 0.3 is 0 Å². The van der Waals surface area contributed by atoms with Crippen LogP contribution in [0.4, 0.5) is 17.5 Å². The van der Waals surface area contributed by atoms with E-state index in [0.717, 1.165) is 22.6 Å². The summed E-state index contributed by atoms with van der Waals surface area (Å²) >= 11 is 0. The van der Waals surface area contributed by atoms with Crippen LogP contribution in [0, 0.1) is 6.92 Å². The maximum Gasteiger partial charge on any atom is 0.256 e. The number of anilines is 3. The second-order valence-electron chi connectivity index (χ2n) is 6.99. The number of rotatable bonds is 2. The molecule has 4 aromatic rings. The summed E-state index contributed by atoms with van der Waals surface area (Å²) in [6.45, 7) is 2.33. The van der Waals surface area contributed by atoms with Gasteiger partial charge in [-0.15, -0.1) is 0 Å². The van der Waals surface area contributed by atoms with Crippen LogP contribution in [0.2, 0.25) is 0 Å². The molecule has 10 nitrogen and oxygen atoms in total. The van der Waals surface area contributed by atoms with Crippen molar-refractivity contribution in [2.45, 2.75) is 13.3 Å². The lowest BCUT2D eigenvalue weighted by Gasteiger charge is -2.14. The Kier molecular flexibility index (Phi) is 4.24. The topological polar surface area (TPSA) is 122 Å². The van der Waals surface area contributed by atoms with E-state index in [0.29, 0.717) is 41.6 Å². The number of aryl methyl sites for hydroxylation is 1. The molecule has 30 heavy (non-hydrogen) atoms. The van der Waals surface area contributed by atoms with Crippen LogP contribution in [0.5, 0.6) is 0 Å². The quantitative estimate of drug-likeness (QED) is 0.466. The minimum absolute atomic E-state index is 0.224. The van der Waals surface area contributed by atoms with Crippen molar-refractivity contribution in [2.24, 2.45) is 0 Å². The van der Waals surface area contributed by atoms with Crippen molar-refractivity contribution < 1.29 is 4.79 Å². The van der Waals surface area contributed by atoms with Gasteiger partial charge < -0.3 is 16.0 Å². The van der Waals surface area contributed by atoms with Gasteiger partial charge in [-0.05, 0) is 31.2 Å². The van der Waals surface area contributed by atoms with Crippen LogP contribution in [0.25, 0.3) is 16.9 Å². The molecule has 0 spiro atoms. The van der Waals surface area contributed by atoms with Crippen LogP contribution in [-0.2, 0) is 6.42 Å². The van der Waals surface area contributed by atoms with Gasteiger partial charge in [0.15, 0.2) is 5.65 Å². The molecule has 4 aromatic heterocycles. The van der Waals surface area contributed by atoms with Crippen LogP contribution in [0.1, 0.15) is 21.7 Å². The molecule has 0 saturated carbocycles. The first kappa shape index (κ1) is 18.0. The zero-order valence-corrected chi connectivity index (χ0v) is 16.5. The molecule has 0 atom stereocenters. The number of fused-ring (bicyclic) bond motifs is 3. The molecule has 0 radical (unpaired) electrons. The van der Waals surface area contributed by atoms with Crippen LogP contribution >= 0.6 is 0 Å². The van der Waals surface area contributed by atoms with Crippen molar-refractivity contribution in [1.82, 2.24) is 35.1 Å². The number of hydrogen-bond donors (Lipinski definition) is 3. The minimum Gasteiger partial charge on any atom is -0.373 e. The highest BCUT2D eigenvalue weighted by Crippen LogP contribution is 2.25. The van der Waals surface area contributed by atoms with Gasteiger partial charge in [-0.2, -0.15) is 19.8 Å². The molecular formula is C20H19N9O. The highest BCUT2D eigenvalue weighted by Gasteiger charge is 2.18. The van der Waals surface area contributed by atoms with E-state index in [9.17, 15) is 4.79 Å². The third-order valence-corrected chi connectivity index (χ3v) is 4.87. The SMILES string of the molecule is CNc1cc2nc3c(cnn13)C(=O)NCCc1cc(-c3ccc(C)nn3)cc(n1)N2. The first-order chi connectivity index (χ1) is 14.6. The van der Waals surface area contributed by atoms with Gasteiger partial charge in [-0.25, -0.2) is 9.97 Å². The van der Waals surface area contributed by atoms with Crippen LogP contribution < -0.4 is 16.0 Å². The van der Waals surface area contributed by atoms with E-state index in [2.05, 4.69) is 41.2 Å².